The molecule has 2 N–H and O–H groups in total. The first-order chi connectivity index (χ1) is 7.25. The molecule has 0 aliphatic rings. The Morgan fingerprint density at radius 3 is 2.87 bits per heavy atom. The molecule has 0 saturated carbocycles. The number of aromatic nitrogens is 2. The topological polar surface area (TPSA) is 61.0 Å². The average Bonchev–Trinajstić information content (AvgIpc) is 2.25. The van der Waals surface area contributed by atoms with Gasteiger partial charge in [0.1, 0.15) is 5.75 Å². The first-order valence-corrected chi connectivity index (χ1v) is 4.56. The second-order valence-corrected chi connectivity index (χ2v) is 3.17. The highest BCUT2D eigenvalue weighted by Crippen LogP contribution is 2.21. The Morgan fingerprint density at radius 1 is 1.33 bits per heavy atom. The zero-order valence-electron chi connectivity index (χ0n) is 8.34. The Hall–Kier alpha value is -2.10. The highest BCUT2D eigenvalue weighted by Gasteiger charge is 2.00. The van der Waals surface area contributed by atoms with Crippen LogP contribution in [0.4, 0.5) is 5.69 Å². The lowest BCUT2D eigenvalue weighted by Crippen LogP contribution is -1.94. The number of nitrogen functional groups attached to an aromatic ring is 1. The predicted octanol–water partition coefficient (Wildman–Crippen LogP) is 2.16. The Kier molecular flexibility index (Phi) is 2.49. The lowest BCUT2D eigenvalue weighted by Gasteiger charge is -2.05. The van der Waals surface area contributed by atoms with E-state index in [0.717, 1.165) is 5.56 Å². The molecule has 0 saturated heterocycles. The quantitative estimate of drug-likeness (QED) is 0.808. The fourth-order valence-corrected chi connectivity index (χ4v) is 1.10. The maximum atomic E-state index is 5.74. The molecule has 0 atom stereocenters. The summed E-state index contributed by atoms with van der Waals surface area (Å²) < 4.78 is 5.46. The first-order valence-electron chi connectivity index (χ1n) is 4.56. The molecule has 0 fully saturated rings. The molecular formula is C11H11N3O. The minimum absolute atomic E-state index is 0.478. The van der Waals surface area contributed by atoms with E-state index in [1.165, 1.54) is 0 Å². The van der Waals surface area contributed by atoms with Gasteiger partial charge in [0, 0.05) is 24.1 Å². The van der Waals surface area contributed by atoms with E-state index in [0.29, 0.717) is 17.3 Å². The molecule has 0 spiro atoms. The van der Waals surface area contributed by atoms with Gasteiger partial charge in [0.2, 0.25) is 5.88 Å². The number of aryl methyl sites for hydroxylation is 1. The minimum Gasteiger partial charge on any atom is -0.437 e. The standard InChI is InChI=1S/C11H11N3O/c1-8-6-14-11(5-10(8)12)15-9-3-2-4-13-7-9/h2-7H,1H3,(H2,12,14). The van der Waals surface area contributed by atoms with E-state index in [9.17, 15) is 0 Å². The number of rotatable bonds is 2. The Balaban J connectivity index is 2.22. The summed E-state index contributed by atoms with van der Waals surface area (Å²) in [5.41, 5.74) is 7.35. The SMILES string of the molecule is Cc1cnc(Oc2cccnc2)cc1N. The molecule has 2 heterocycles. The van der Waals surface area contributed by atoms with Gasteiger partial charge in [-0.25, -0.2) is 4.98 Å². The molecule has 0 aliphatic carbocycles. The first kappa shape index (κ1) is 9.45. The second-order valence-electron chi connectivity index (χ2n) is 3.17. The van der Waals surface area contributed by atoms with Crippen molar-refractivity contribution >= 4 is 5.69 Å². The van der Waals surface area contributed by atoms with Gasteiger partial charge in [-0.3, -0.25) is 4.98 Å². The van der Waals surface area contributed by atoms with Crippen molar-refractivity contribution in [2.24, 2.45) is 0 Å². The molecule has 0 aromatic carbocycles. The van der Waals surface area contributed by atoms with Gasteiger partial charge in [0.15, 0.2) is 0 Å². The van der Waals surface area contributed by atoms with Crippen molar-refractivity contribution in [3.05, 3.63) is 42.4 Å². The maximum absolute atomic E-state index is 5.74. The molecule has 0 amide bonds. The van der Waals surface area contributed by atoms with E-state index in [1.807, 2.05) is 13.0 Å². The van der Waals surface area contributed by atoms with Crippen LogP contribution < -0.4 is 10.5 Å². The van der Waals surface area contributed by atoms with Crippen LogP contribution in [0.3, 0.4) is 0 Å². The smallest absolute Gasteiger partial charge is 0.221 e. The predicted molar refractivity (Wildman–Crippen MR) is 57.7 cm³/mol. The maximum Gasteiger partial charge on any atom is 0.221 e. The Bertz CT molecular complexity index is 457. The third-order valence-electron chi connectivity index (χ3n) is 1.98. The van der Waals surface area contributed by atoms with Gasteiger partial charge in [-0.1, -0.05) is 0 Å². The molecule has 2 aromatic heterocycles. The summed E-state index contributed by atoms with van der Waals surface area (Å²) >= 11 is 0. The summed E-state index contributed by atoms with van der Waals surface area (Å²) in [6.07, 6.45) is 4.99. The van der Waals surface area contributed by atoms with Crippen LogP contribution in [0, 0.1) is 6.92 Å². The van der Waals surface area contributed by atoms with Crippen LogP contribution in [0.5, 0.6) is 11.6 Å². The van der Waals surface area contributed by atoms with E-state index in [1.54, 1.807) is 30.7 Å². The van der Waals surface area contributed by atoms with Gasteiger partial charge >= 0.3 is 0 Å². The summed E-state index contributed by atoms with van der Waals surface area (Å²) in [5.74, 6) is 1.12. The van der Waals surface area contributed by atoms with E-state index in [-0.39, 0.29) is 0 Å². The summed E-state index contributed by atoms with van der Waals surface area (Å²) in [6, 6.07) is 5.31. The number of nitrogens with two attached hydrogens (primary N) is 1. The summed E-state index contributed by atoms with van der Waals surface area (Å²) in [5, 5.41) is 0. The number of pyridine rings is 2. The molecule has 0 aliphatic heterocycles. The molecular weight excluding hydrogens is 190 g/mol. The lowest BCUT2D eigenvalue weighted by molar-refractivity contribution is 0.461. The Morgan fingerprint density at radius 2 is 2.20 bits per heavy atom. The summed E-state index contributed by atoms with van der Waals surface area (Å²) in [4.78, 5) is 8.04. The number of hydrogen-bond acceptors (Lipinski definition) is 4. The molecule has 0 bridgehead atoms. The second kappa shape index (κ2) is 3.96. The van der Waals surface area contributed by atoms with Crippen LogP contribution in [0.2, 0.25) is 0 Å². The van der Waals surface area contributed by atoms with Crippen molar-refractivity contribution in [3.63, 3.8) is 0 Å². The number of anilines is 1. The van der Waals surface area contributed by atoms with Gasteiger partial charge < -0.3 is 10.5 Å². The van der Waals surface area contributed by atoms with Gasteiger partial charge in [0.25, 0.3) is 0 Å². The van der Waals surface area contributed by atoms with E-state index < -0.39 is 0 Å². The van der Waals surface area contributed by atoms with Crippen molar-refractivity contribution in [2.45, 2.75) is 6.92 Å². The minimum atomic E-state index is 0.478. The van der Waals surface area contributed by atoms with Crippen molar-refractivity contribution < 1.29 is 4.74 Å². The van der Waals surface area contributed by atoms with Crippen LogP contribution >= 0.6 is 0 Å². The van der Waals surface area contributed by atoms with Crippen molar-refractivity contribution in [3.8, 4) is 11.6 Å². The largest absolute Gasteiger partial charge is 0.437 e. The molecule has 76 valence electrons. The van der Waals surface area contributed by atoms with Crippen LogP contribution in [0.15, 0.2) is 36.8 Å². The number of hydrogen-bond donors (Lipinski definition) is 1. The molecule has 4 heteroatoms. The molecule has 15 heavy (non-hydrogen) atoms. The molecule has 2 rings (SSSR count). The fourth-order valence-electron chi connectivity index (χ4n) is 1.10. The summed E-state index contributed by atoms with van der Waals surface area (Å²) in [7, 11) is 0. The van der Waals surface area contributed by atoms with Crippen molar-refractivity contribution in [1.82, 2.24) is 9.97 Å². The highest BCUT2D eigenvalue weighted by atomic mass is 16.5. The molecule has 0 radical (unpaired) electrons. The highest BCUT2D eigenvalue weighted by molar-refractivity contribution is 5.47. The molecule has 4 nitrogen and oxygen atoms in total. The molecule has 2 aromatic rings. The van der Waals surface area contributed by atoms with E-state index >= 15 is 0 Å². The zero-order valence-corrected chi connectivity index (χ0v) is 8.34. The molecule has 0 unspecified atom stereocenters. The summed E-state index contributed by atoms with van der Waals surface area (Å²) in [6.45, 7) is 1.90. The lowest BCUT2D eigenvalue weighted by atomic mass is 10.3. The van der Waals surface area contributed by atoms with Crippen LogP contribution in [0.1, 0.15) is 5.56 Å². The van der Waals surface area contributed by atoms with Gasteiger partial charge in [0.05, 0.1) is 6.20 Å². The number of ether oxygens (including phenoxy) is 1. The normalized spacial score (nSPS) is 9.93. The van der Waals surface area contributed by atoms with Crippen molar-refractivity contribution in [1.29, 1.82) is 0 Å². The van der Waals surface area contributed by atoms with Crippen LogP contribution in [0.25, 0.3) is 0 Å². The van der Waals surface area contributed by atoms with E-state index in [2.05, 4.69) is 9.97 Å². The fraction of sp³-hybridized carbons (Fsp3) is 0.0909. The monoisotopic (exact) mass is 201 g/mol. The number of nitrogens with zero attached hydrogens (tertiary/aromatic N) is 2. The van der Waals surface area contributed by atoms with Gasteiger partial charge in [-0.05, 0) is 24.6 Å². The average molecular weight is 201 g/mol. The Labute approximate surface area is 87.7 Å². The van der Waals surface area contributed by atoms with E-state index in [4.69, 9.17) is 10.5 Å². The zero-order chi connectivity index (χ0) is 10.7. The van der Waals surface area contributed by atoms with Crippen molar-refractivity contribution in [2.75, 3.05) is 5.73 Å². The van der Waals surface area contributed by atoms with Gasteiger partial charge in [-0.15, -0.1) is 0 Å². The van der Waals surface area contributed by atoms with Crippen LogP contribution in [-0.2, 0) is 0 Å². The third-order valence-corrected chi connectivity index (χ3v) is 1.98. The van der Waals surface area contributed by atoms with Gasteiger partial charge in [-0.2, -0.15) is 0 Å². The third kappa shape index (κ3) is 2.22. The van der Waals surface area contributed by atoms with Crippen LogP contribution in [-0.4, -0.2) is 9.97 Å².